The number of ether oxygens (including phenoxy) is 1. The van der Waals surface area contributed by atoms with Crippen LogP contribution in [0.3, 0.4) is 0 Å². The predicted molar refractivity (Wildman–Crippen MR) is 79.4 cm³/mol. The maximum absolute atomic E-state index is 11.6. The van der Waals surface area contributed by atoms with Crippen molar-refractivity contribution in [2.24, 2.45) is 11.8 Å². The third-order valence-electron chi connectivity index (χ3n) is 2.76. The van der Waals surface area contributed by atoms with Crippen molar-refractivity contribution in [2.45, 2.75) is 20.8 Å². The summed E-state index contributed by atoms with van der Waals surface area (Å²) in [6.45, 7) is 7.46. The number of rotatable bonds is 7. The minimum atomic E-state index is -0.0154. The maximum atomic E-state index is 11.6. The first-order chi connectivity index (χ1) is 9.02. The molecular weight excluding hydrogens is 240 g/mol. The Hall–Kier alpha value is -1.55. The van der Waals surface area contributed by atoms with E-state index in [1.807, 2.05) is 38.1 Å². The van der Waals surface area contributed by atoms with Gasteiger partial charge in [0.15, 0.2) is 0 Å². The fourth-order valence-corrected chi connectivity index (χ4v) is 1.63. The summed E-state index contributed by atoms with van der Waals surface area (Å²) in [4.78, 5) is 11.6. The summed E-state index contributed by atoms with van der Waals surface area (Å²) in [6.07, 6.45) is 0. The lowest BCUT2D eigenvalue weighted by Crippen LogP contribution is -2.18. The molecule has 0 aliphatic heterocycles. The van der Waals surface area contributed by atoms with Gasteiger partial charge in [-0.2, -0.15) is 0 Å². The summed E-state index contributed by atoms with van der Waals surface area (Å²) in [5.41, 5.74) is 1.83. The Morgan fingerprint density at radius 1 is 1.26 bits per heavy atom. The Kier molecular flexibility index (Phi) is 6.36. The van der Waals surface area contributed by atoms with E-state index < -0.39 is 0 Å². The SMILES string of the molecule is COCC(C)CNc1cccc(NC(=O)C(C)C)c1. The van der Waals surface area contributed by atoms with Gasteiger partial charge in [-0.25, -0.2) is 0 Å². The Labute approximate surface area is 115 Å². The van der Waals surface area contributed by atoms with Crippen LogP contribution in [0, 0.1) is 11.8 Å². The van der Waals surface area contributed by atoms with Crippen LogP contribution in [0.1, 0.15) is 20.8 Å². The van der Waals surface area contributed by atoms with E-state index in [2.05, 4.69) is 17.6 Å². The largest absolute Gasteiger partial charge is 0.385 e. The van der Waals surface area contributed by atoms with Crippen LogP contribution in [0.5, 0.6) is 0 Å². The van der Waals surface area contributed by atoms with Gasteiger partial charge in [-0.1, -0.05) is 26.8 Å². The molecule has 4 heteroatoms. The van der Waals surface area contributed by atoms with Crippen LogP contribution in [0.2, 0.25) is 0 Å². The lowest BCUT2D eigenvalue weighted by molar-refractivity contribution is -0.118. The Morgan fingerprint density at radius 2 is 1.95 bits per heavy atom. The van der Waals surface area contributed by atoms with Crippen LogP contribution in [-0.2, 0) is 9.53 Å². The molecule has 0 heterocycles. The molecule has 0 aliphatic carbocycles. The van der Waals surface area contributed by atoms with Crippen LogP contribution >= 0.6 is 0 Å². The van der Waals surface area contributed by atoms with Crippen LogP contribution in [0.4, 0.5) is 11.4 Å². The third-order valence-corrected chi connectivity index (χ3v) is 2.76. The molecule has 1 aromatic rings. The summed E-state index contributed by atoms with van der Waals surface area (Å²) >= 11 is 0. The summed E-state index contributed by atoms with van der Waals surface area (Å²) in [5.74, 6) is 0.460. The maximum Gasteiger partial charge on any atom is 0.226 e. The second-order valence-corrected chi connectivity index (χ2v) is 5.17. The van der Waals surface area contributed by atoms with E-state index in [0.717, 1.165) is 24.5 Å². The third kappa shape index (κ3) is 5.75. The van der Waals surface area contributed by atoms with Crippen molar-refractivity contribution >= 4 is 17.3 Å². The number of carbonyl (C=O) groups is 1. The minimum Gasteiger partial charge on any atom is -0.385 e. The van der Waals surface area contributed by atoms with Gasteiger partial charge >= 0.3 is 0 Å². The van der Waals surface area contributed by atoms with Crippen molar-refractivity contribution < 1.29 is 9.53 Å². The van der Waals surface area contributed by atoms with Gasteiger partial charge in [-0.05, 0) is 24.1 Å². The lowest BCUT2D eigenvalue weighted by Gasteiger charge is -2.14. The van der Waals surface area contributed by atoms with Gasteiger partial charge in [0.1, 0.15) is 0 Å². The Morgan fingerprint density at radius 3 is 2.58 bits per heavy atom. The molecule has 1 aromatic carbocycles. The minimum absolute atomic E-state index is 0.0154. The van der Waals surface area contributed by atoms with Crippen molar-refractivity contribution in [3.63, 3.8) is 0 Å². The van der Waals surface area contributed by atoms with Gasteiger partial charge < -0.3 is 15.4 Å². The van der Waals surface area contributed by atoms with Crippen molar-refractivity contribution in [1.82, 2.24) is 0 Å². The van der Waals surface area contributed by atoms with Crippen molar-refractivity contribution in [1.29, 1.82) is 0 Å². The van der Waals surface area contributed by atoms with E-state index in [4.69, 9.17) is 4.74 Å². The molecule has 0 saturated heterocycles. The molecule has 0 aromatic heterocycles. The molecule has 106 valence electrons. The van der Waals surface area contributed by atoms with Crippen molar-refractivity contribution in [3.05, 3.63) is 24.3 Å². The summed E-state index contributed by atoms with van der Waals surface area (Å²) < 4.78 is 5.10. The van der Waals surface area contributed by atoms with Gasteiger partial charge in [0, 0.05) is 30.9 Å². The van der Waals surface area contributed by atoms with Gasteiger partial charge in [0.05, 0.1) is 6.61 Å². The first-order valence-corrected chi connectivity index (χ1v) is 6.66. The number of nitrogens with one attached hydrogen (secondary N) is 2. The van der Waals surface area contributed by atoms with E-state index in [9.17, 15) is 4.79 Å². The number of carbonyl (C=O) groups excluding carboxylic acids is 1. The Bertz CT molecular complexity index is 405. The highest BCUT2D eigenvalue weighted by Crippen LogP contribution is 2.16. The molecule has 2 N–H and O–H groups in total. The lowest BCUT2D eigenvalue weighted by atomic mass is 10.2. The molecule has 0 bridgehead atoms. The molecule has 4 nitrogen and oxygen atoms in total. The number of hydrogen-bond acceptors (Lipinski definition) is 3. The molecule has 0 saturated carbocycles. The summed E-state index contributed by atoms with van der Waals surface area (Å²) in [7, 11) is 1.71. The zero-order valence-electron chi connectivity index (χ0n) is 12.2. The second kappa shape index (κ2) is 7.79. The molecular formula is C15H24N2O2. The second-order valence-electron chi connectivity index (χ2n) is 5.17. The number of methoxy groups -OCH3 is 1. The average Bonchev–Trinajstić information content (AvgIpc) is 2.37. The summed E-state index contributed by atoms with van der Waals surface area (Å²) in [6, 6.07) is 7.76. The van der Waals surface area contributed by atoms with Gasteiger partial charge in [0.2, 0.25) is 5.91 Å². The van der Waals surface area contributed by atoms with E-state index in [-0.39, 0.29) is 11.8 Å². The first kappa shape index (κ1) is 15.5. The number of anilines is 2. The highest BCUT2D eigenvalue weighted by atomic mass is 16.5. The number of benzene rings is 1. The zero-order valence-corrected chi connectivity index (χ0v) is 12.2. The molecule has 1 atom stereocenters. The Balaban J connectivity index is 2.54. The smallest absolute Gasteiger partial charge is 0.226 e. The molecule has 0 fully saturated rings. The predicted octanol–water partition coefficient (Wildman–Crippen LogP) is 2.98. The molecule has 0 spiro atoms. The van der Waals surface area contributed by atoms with Crippen LogP contribution < -0.4 is 10.6 Å². The van der Waals surface area contributed by atoms with Gasteiger partial charge in [0.25, 0.3) is 0 Å². The van der Waals surface area contributed by atoms with E-state index in [1.54, 1.807) is 7.11 Å². The normalized spacial score (nSPS) is 12.3. The topological polar surface area (TPSA) is 50.4 Å². The van der Waals surface area contributed by atoms with E-state index in [0.29, 0.717) is 5.92 Å². The van der Waals surface area contributed by atoms with Crippen LogP contribution in [0.15, 0.2) is 24.3 Å². The highest BCUT2D eigenvalue weighted by molar-refractivity contribution is 5.92. The fourth-order valence-electron chi connectivity index (χ4n) is 1.63. The average molecular weight is 264 g/mol. The quantitative estimate of drug-likeness (QED) is 0.796. The first-order valence-electron chi connectivity index (χ1n) is 6.66. The number of amides is 1. The van der Waals surface area contributed by atoms with Crippen molar-refractivity contribution in [3.8, 4) is 0 Å². The zero-order chi connectivity index (χ0) is 14.3. The standard InChI is InChI=1S/C15H24N2O2/c1-11(2)15(18)17-14-7-5-6-13(8-14)16-9-12(3)10-19-4/h5-8,11-12,16H,9-10H2,1-4H3,(H,17,18). The molecule has 0 radical (unpaired) electrons. The number of hydrogen-bond donors (Lipinski definition) is 2. The summed E-state index contributed by atoms with van der Waals surface area (Å²) in [5, 5.41) is 6.23. The van der Waals surface area contributed by atoms with E-state index in [1.165, 1.54) is 0 Å². The molecule has 0 aliphatic rings. The van der Waals surface area contributed by atoms with Crippen LogP contribution in [-0.4, -0.2) is 26.2 Å². The fraction of sp³-hybridized carbons (Fsp3) is 0.533. The monoisotopic (exact) mass is 264 g/mol. The molecule has 1 amide bonds. The van der Waals surface area contributed by atoms with Crippen molar-refractivity contribution in [2.75, 3.05) is 30.9 Å². The van der Waals surface area contributed by atoms with Gasteiger partial charge in [-0.3, -0.25) is 4.79 Å². The molecule has 1 unspecified atom stereocenters. The highest BCUT2D eigenvalue weighted by Gasteiger charge is 2.07. The van der Waals surface area contributed by atoms with Crippen LogP contribution in [0.25, 0.3) is 0 Å². The van der Waals surface area contributed by atoms with Gasteiger partial charge in [-0.15, -0.1) is 0 Å². The molecule has 1 rings (SSSR count). The van der Waals surface area contributed by atoms with E-state index >= 15 is 0 Å². The molecule has 19 heavy (non-hydrogen) atoms.